The molecule has 0 amide bonds. The van der Waals surface area contributed by atoms with Gasteiger partial charge in [-0.1, -0.05) is 38.4 Å². The van der Waals surface area contributed by atoms with Crippen molar-refractivity contribution in [3.05, 3.63) is 28.8 Å². The van der Waals surface area contributed by atoms with Crippen molar-refractivity contribution < 1.29 is 0 Å². The lowest BCUT2D eigenvalue weighted by molar-refractivity contribution is 0.350. The van der Waals surface area contributed by atoms with Gasteiger partial charge < -0.3 is 11.1 Å². The standard InChI is InChI=1S/C16H25ClN2/c1-11-5-6-13(7-14(11)17)19-16(10-18)9-15(3,4)8-12(16)2/h5-7,12,19H,8-10,18H2,1-4H3. The van der Waals surface area contributed by atoms with Crippen molar-refractivity contribution in [2.24, 2.45) is 17.1 Å². The van der Waals surface area contributed by atoms with Crippen molar-refractivity contribution in [3.8, 4) is 0 Å². The quantitative estimate of drug-likeness (QED) is 0.870. The molecule has 106 valence electrons. The summed E-state index contributed by atoms with van der Waals surface area (Å²) in [6.45, 7) is 9.62. The van der Waals surface area contributed by atoms with Crippen molar-refractivity contribution in [3.63, 3.8) is 0 Å². The Morgan fingerprint density at radius 3 is 2.58 bits per heavy atom. The lowest BCUT2D eigenvalue weighted by atomic mass is 9.86. The van der Waals surface area contributed by atoms with E-state index in [0.29, 0.717) is 17.9 Å². The molecule has 1 fully saturated rings. The number of hydrogen-bond acceptors (Lipinski definition) is 2. The van der Waals surface area contributed by atoms with Crippen molar-refractivity contribution in [1.29, 1.82) is 0 Å². The Labute approximate surface area is 121 Å². The van der Waals surface area contributed by atoms with Crippen LogP contribution in [0.15, 0.2) is 18.2 Å². The van der Waals surface area contributed by atoms with Gasteiger partial charge in [0.1, 0.15) is 0 Å². The summed E-state index contributed by atoms with van der Waals surface area (Å²) < 4.78 is 0. The molecule has 2 rings (SSSR count). The van der Waals surface area contributed by atoms with E-state index in [0.717, 1.165) is 22.7 Å². The van der Waals surface area contributed by atoms with Gasteiger partial charge in [-0.15, -0.1) is 0 Å². The molecule has 1 saturated carbocycles. The Bertz CT molecular complexity index is 470. The molecule has 1 aromatic rings. The van der Waals surface area contributed by atoms with Gasteiger partial charge in [0.05, 0.1) is 5.54 Å². The van der Waals surface area contributed by atoms with E-state index in [1.165, 1.54) is 6.42 Å². The fourth-order valence-electron chi connectivity index (χ4n) is 3.57. The first-order valence-electron chi connectivity index (χ1n) is 7.02. The maximum absolute atomic E-state index is 6.21. The minimum Gasteiger partial charge on any atom is -0.378 e. The fourth-order valence-corrected chi connectivity index (χ4v) is 3.75. The van der Waals surface area contributed by atoms with Crippen molar-refractivity contribution in [2.45, 2.75) is 46.1 Å². The van der Waals surface area contributed by atoms with Gasteiger partial charge in [-0.25, -0.2) is 0 Å². The molecule has 0 radical (unpaired) electrons. The third-order valence-electron chi connectivity index (χ3n) is 4.53. The number of nitrogens with two attached hydrogens (primary N) is 1. The summed E-state index contributed by atoms with van der Waals surface area (Å²) >= 11 is 6.21. The number of aryl methyl sites for hydroxylation is 1. The highest BCUT2D eigenvalue weighted by Crippen LogP contribution is 2.48. The van der Waals surface area contributed by atoms with Crippen molar-refractivity contribution in [2.75, 3.05) is 11.9 Å². The van der Waals surface area contributed by atoms with Crippen LogP contribution in [-0.2, 0) is 0 Å². The van der Waals surface area contributed by atoms with Crippen molar-refractivity contribution >= 4 is 17.3 Å². The lowest BCUT2D eigenvalue weighted by Crippen LogP contribution is -2.48. The van der Waals surface area contributed by atoms with E-state index < -0.39 is 0 Å². The van der Waals surface area contributed by atoms with E-state index in [-0.39, 0.29) is 5.54 Å². The van der Waals surface area contributed by atoms with Gasteiger partial charge >= 0.3 is 0 Å². The second kappa shape index (κ2) is 4.99. The molecular formula is C16H25ClN2. The smallest absolute Gasteiger partial charge is 0.0526 e. The van der Waals surface area contributed by atoms with Crippen LogP contribution in [0.3, 0.4) is 0 Å². The second-order valence-corrected chi connectivity index (χ2v) is 7.30. The van der Waals surface area contributed by atoms with E-state index >= 15 is 0 Å². The van der Waals surface area contributed by atoms with E-state index in [9.17, 15) is 0 Å². The summed E-state index contributed by atoms with van der Waals surface area (Å²) in [7, 11) is 0. The summed E-state index contributed by atoms with van der Waals surface area (Å²) in [5.41, 5.74) is 8.62. The number of nitrogens with one attached hydrogen (secondary N) is 1. The lowest BCUT2D eigenvalue weighted by Gasteiger charge is -2.35. The zero-order chi connectivity index (χ0) is 14.3. The van der Waals surface area contributed by atoms with Gasteiger partial charge in [0.15, 0.2) is 0 Å². The molecule has 19 heavy (non-hydrogen) atoms. The summed E-state index contributed by atoms with van der Waals surface area (Å²) in [6, 6.07) is 6.16. The highest BCUT2D eigenvalue weighted by atomic mass is 35.5. The van der Waals surface area contributed by atoms with Gasteiger partial charge in [0, 0.05) is 17.3 Å². The minimum absolute atomic E-state index is 0.0118. The zero-order valence-corrected chi connectivity index (χ0v) is 13.1. The predicted molar refractivity (Wildman–Crippen MR) is 83.8 cm³/mol. The molecule has 0 aliphatic heterocycles. The zero-order valence-electron chi connectivity index (χ0n) is 12.4. The number of halogens is 1. The Balaban J connectivity index is 2.26. The molecule has 1 aromatic carbocycles. The van der Waals surface area contributed by atoms with Crippen LogP contribution >= 0.6 is 11.6 Å². The molecule has 2 unspecified atom stereocenters. The highest BCUT2D eigenvalue weighted by Gasteiger charge is 2.47. The third kappa shape index (κ3) is 2.90. The molecule has 1 aliphatic carbocycles. The Morgan fingerprint density at radius 1 is 1.42 bits per heavy atom. The topological polar surface area (TPSA) is 38.0 Å². The highest BCUT2D eigenvalue weighted by molar-refractivity contribution is 6.31. The van der Waals surface area contributed by atoms with Gasteiger partial charge in [0.25, 0.3) is 0 Å². The molecule has 0 heterocycles. The molecule has 0 spiro atoms. The number of rotatable bonds is 3. The number of anilines is 1. The van der Waals surface area contributed by atoms with Crippen LogP contribution in [0, 0.1) is 18.3 Å². The first-order chi connectivity index (χ1) is 8.78. The fraction of sp³-hybridized carbons (Fsp3) is 0.625. The third-order valence-corrected chi connectivity index (χ3v) is 4.93. The van der Waals surface area contributed by atoms with Crippen LogP contribution in [0.25, 0.3) is 0 Å². The second-order valence-electron chi connectivity index (χ2n) is 6.90. The van der Waals surface area contributed by atoms with E-state index in [2.05, 4.69) is 38.2 Å². The van der Waals surface area contributed by atoms with Crippen LogP contribution in [0.1, 0.15) is 39.2 Å². The Kier molecular flexibility index (Phi) is 3.85. The van der Waals surface area contributed by atoms with E-state index in [1.54, 1.807) is 0 Å². The average molecular weight is 281 g/mol. The number of benzene rings is 1. The molecule has 3 heteroatoms. The molecule has 0 aromatic heterocycles. The maximum Gasteiger partial charge on any atom is 0.0526 e. The van der Waals surface area contributed by atoms with Gasteiger partial charge in [-0.2, -0.15) is 0 Å². The number of hydrogen-bond donors (Lipinski definition) is 2. The summed E-state index contributed by atoms with van der Waals surface area (Å²) in [6.07, 6.45) is 2.31. The Morgan fingerprint density at radius 2 is 2.11 bits per heavy atom. The Hall–Kier alpha value is -0.730. The van der Waals surface area contributed by atoms with Gasteiger partial charge in [0.2, 0.25) is 0 Å². The molecule has 2 nitrogen and oxygen atoms in total. The molecule has 3 N–H and O–H groups in total. The first-order valence-corrected chi connectivity index (χ1v) is 7.40. The van der Waals surface area contributed by atoms with E-state index in [4.69, 9.17) is 17.3 Å². The van der Waals surface area contributed by atoms with Crippen LogP contribution in [0.5, 0.6) is 0 Å². The van der Waals surface area contributed by atoms with Crippen LogP contribution in [-0.4, -0.2) is 12.1 Å². The first kappa shape index (κ1) is 14.7. The summed E-state index contributed by atoms with van der Waals surface area (Å²) in [5, 5.41) is 4.48. The largest absolute Gasteiger partial charge is 0.378 e. The summed E-state index contributed by atoms with van der Waals surface area (Å²) in [5.74, 6) is 0.563. The molecule has 0 saturated heterocycles. The van der Waals surface area contributed by atoms with E-state index in [1.807, 2.05) is 13.0 Å². The molecule has 0 bridgehead atoms. The predicted octanol–water partition coefficient (Wildman–Crippen LogP) is 4.21. The minimum atomic E-state index is -0.0118. The maximum atomic E-state index is 6.21. The van der Waals surface area contributed by atoms with Crippen LogP contribution in [0.2, 0.25) is 5.02 Å². The van der Waals surface area contributed by atoms with Crippen LogP contribution in [0.4, 0.5) is 5.69 Å². The SMILES string of the molecule is Cc1ccc(NC2(CN)CC(C)(C)CC2C)cc1Cl. The normalized spacial score (nSPS) is 29.5. The van der Waals surface area contributed by atoms with Crippen LogP contribution < -0.4 is 11.1 Å². The van der Waals surface area contributed by atoms with Gasteiger partial charge in [-0.05, 0) is 48.8 Å². The molecule has 1 aliphatic rings. The molecule has 2 atom stereocenters. The average Bonchev–Trinajstić information content (AvgIpc) is 2.54. The van der Waals surface area contributed by atoms with Gasteiger partial charge in [-0.3, -0.25) is 0 Å². The molecular weight excluding hydrogens is 256 g/mol. The van der Waals surface area contributed by atoms with Crippen molar-refractivity contribution in [1.82, 2.24) is 0 Å². The monoisotopic (exact) mass is 280 g/mol. The summed E-state index contributed by atoms with van der Waals surface area (Å²) in [4.78, 5) is 0.